The number of ether oxygens (including phenoxy) is 1. The average molecular weight is 531 g/mol. The molecule has 8 heteroatoms. The molecule has 0 aliphatic carbocycles. The predicted molar refractivity (Wildman–Crippen MR) is 130 cm³/mol. The Balaban J connectivity index is 0.00000300. The normalized spacial score (nSPS) is 16.3. The molecule has 0 amide bonds. The molecule has 3 N–H and O–H groups in total. The van der Waals surface area contributed by atoms with Crippen LogP contribution in [-0.4, -0.2) is 43.9 Å². The van der Waals surface area contributed by atoms with Crippen LogP contribution >= 0.6 is 35.6 Å². The van der Waals surface area contributed by atoms with Gasteiger partial charge in [-0.25, -0.2) is 4.99 Å². The van der Waals surface area contributed by atoms with Gasteiger partial charge in [0.25, 0.3) is 0 Å². The molecular weight excluding hydrogens is 503 g/mol. The van der Waals surface area contributed by atoms with E-state index in [0.29, 0.717) is 12.3 Å². The third kappa shape index (κ3) is 6.30. The number of nitrogens with zero attached hydrogens (tertiary/aromatic N) is 2. The lowest BCUT2D eigenvalue weighted by molar-refractivity contribution is 0.370. The van der Waals surface area contributed by atoms with Gasteiger partial charge in [-0.3, -0.25) is 0 Å². The third-order valence-electron chi connectivity index (χ3n) is 4.76. The van der Waals surface area contributed by atoms with Crippen molar-refractivity contribution in [2.24, 2.45) is 4.99 Å². The molecule has 1 fully saturated rings. The van der Waals surface area contributed by atoms with E-state index < -0.39 is 0 Å². The van der Waals surface area contributed by atoms with Crippen LogP contribution in [0.1, 0.15) is 18.9 Å². The second-order valence-electron chi connectivity index (χ2n) is 6.72. The van der Waals surface area contributed by atoms with Gasteiger partial charge in [-0.2, -0.15) is 0 Å². The van der Waals surface area contributed by atoms with E-state index in [-0.39, 0.29) is 35.8 Å². The van der Waals surface area contributed by atoms with Gasteiger partial charge in [-0.1, -0.05) is 29.8 Å². The molecule has 1 aliphatic rings. The van der Waals surface area contributed by atoms with E-state index in [0.717, 1.165) is 48.3 Å². The lowest BCUT2D eigenvalue weighted by atomic mass is 10.2. The number of phenolic OH excluding ortho intramolecular Hbond substituents is 1. The summed E-state index contributed by atoms with van der Waals surface area (Å²) >= 11 is 6.12. The van der Waals surface area contributed by atoms with E-state index in [1.807, 2.05) is 37.3 Å². The first-order valence-electron chi connectivity index (χ1n) is 9.51. The summed E-state index contributed by atoms with van der Waals surface area (Å²) in [4.78, 5) is 6.96. The Morgan fingerprint density at radius 1 is 1.31 bits per heavy atom. The number of rotatable bonds is 6. The largest absolute Gasteiger partial charge is 0.504 e. The molecule has 6 nitrogen and oxygen atoms in total. The Hall–Kier alpha value is -1.87. The quantitative estimate of drug-likeness (QED) is 0.299. The van der Waals surface area contributed by atoms with Crippen molar-refractivity contribution in [3.63, 3.8) is 0 Å². The van der Waals surface area contributed by atoms with Gasteiger partial charge in [0.05, 0.1) is 13.7 Å². The van der Waals surface area contributed by atoms with Gasteiger partial charge in [-0.15, -0.1) is 24.0 Å². The Labute approximate surface area is 194 Å². The Morgan fingerprint density at radius 3 is 2.83 bits per heavy atom. The highest BCUT2D eigenvalue weighted by molar-refractivity contribution is 14.0. The van der Waals surface area contributed by atoms with Gasteiger partial charge in [0.2, 0.25) is 0 Å². The predicted octanol–water partition coefficient (Wildman–Crippen LogP) is 4.01. The molecule has 0 radical (unpaired) electrons. The molecule has 0 aromatic heterocycles. The molecule has 1 atom stereocenters. The summed E-state index contributed by atoms with van der Waals surface area (Å²) in [5.41, 5.74) is 1.86. The zero-order valence-electron chi connectivity index (χ0n) is 16.7. The first-order valence-corrected chi connectivity index (χ1v) is 9.88. The number of methoxy groups -OCH3 is 1. The maximum absolute atomic E-state index is 10.2. The van der Waals surface area contributed by atoms with Gasteiger partial charge in [0.15, 0.2) is 17.5 Å². The molecule has 1 aliphatic heterocycles. The molecular formula is C21H28ClIN4O2. The molecule has 0 bridgehead atoms. The number of anilines is 1. The zero-order valence-corrected chi connectivity index (χ0v) is 19.8. The maximum Gasteiger partial charge on any atom is 0.191 e. The highest BCUT2D eigenvalue weighted by Gasteiger charge is 2.23. The van der Waals surface area contributed by atoms with Crippen LogP contribution in [0.15, 0.2) is 47.5 Å². The highest BCUT2D eigenvalue weighted by Crippen LogP contribution is 2.29. The second-order valence-corrected chi connectivity index (χ2v) is 7.16. The maximum atomic E-state index is 10.2. The average Bonchev–Trinajstić information content (AvgIpc) is 3.16. The highest BCUT2D eigenvalue weighted by atomic mass is 127. The first-order chi connectivity index (χ1) is 13.6. The van der Waals surface area contributed by atoms with Gasteiger partial charge in [0, 0.05) is 41.9 Å². The Kier molecular flexibility index (Phi) is 9.16. The van der Waals surface area contributed by atoms with Crippen LogP contribution in [0.3, 0.4) is 0 Å². The summed E-state index contributed by atoms with van der Waals surface area (Å²) in [5, 5.41) is 17.8. The summed E-state index contributed by atoms with van der Waals surface area (Å²) in [6.07, 6.45) is 1.02. The van der Waals surface area contributed by atoms with Crippen LogP contribution in [0.25, 0.3) is 0 Å². The second kappa shape index (κ2) is 11.3. The fourth-order valence-electron chi connectivity index (χ4n) is 3.32. The minimum atomic E-state index is 0. The minimum absolute atomic E-state index is 0. The van der Waals surface area contributed by atoms with Crippen LogP contribution in [0.4, 0.5) is 5.69 Å². The topological polar surface area (TPSA) is 69.1 Å². The van der Waals surface area contributed by atoms with Crippen LogP contribution < -0.4 is 20.3 Å². The monoisotopic (exact) mass is 530 g/mol. The van der Waals surface area contributed by atoms with Crippen LogP contribution in [0.2, 0.25) is 5.02 Å². The first kappa shape index (κ1) is 23.4. The van der Waals surface area contributed by atoms with Crippen molar-refractivity contribution >= 4 is 47.2 Å². The van der Waals surface area contributed by atoms with E-state index in [9.17, 15) is 5.11 Å². The third-order valence-corrected chi connectivity index (χ3v) is 4.99. The van der Waals surface area contributed by atoms with Crippen LogP contribution in [-0.2, 0) is 6.54 Å². The fraction of sp³-hybridized carbons (Fsp3) is 0.381. The zero-order chi connectivity index (χ0) is 19.9. The number of hydrogen-bond donors (Lipinski definition) is 3. The summed E-state index contributed by atoms with van der Waals surface area (Å²) in [5.74, 6) is 1.33. The molecule has 1 saturated heterocycles. The molecule has 2 aromatic rings. The van der Waals surface area contributed by atoms with Crippen LogP contribution in [0, 0.1) is 0 Å². The number of para-hydroxylation sites is 1. The Bertz CT molecular complexity index is 834. The number of phenols is 1. The van der Waals surface area contributed by atoms with Crippen molar-refractivity contribution in [2.75, 3.05) is 31.6 Å². The van der Waals surface area contributed by atoms with Crippen molar-refractivity contribution in [1.82, 2.24) is 10.6 Å². The molecule has 3 rings (SSSR count). The van der Waals surface area contributed by atoms with Crippen molar-refractivity contribution < 1.29 is 9.84 Å². The van der Waals surface area contributed by atoms with Gasteiger partial charge >= 0.3 is 0 Å². The van der Waals surface area contributed by atoms with E-state index in [1.165, 1.54) is 0 Å². The number of hydrogen-bond acceptors (Lipinski definition) is 4. The minimum Gasteiger partial charge on any atom is -0.504 e. The number of aromatic hydroxyl groups is 1. The van der Waals surface area contributed by atoms with Gasteiger partial charge in [0.1, 0.15) is 0 Å². The van der Waals surface area contributed by atoms with Crippen molar-refractivity contribution in [3.05, 3.63) is 53.1 Å². The number of aliphatic imine (C=N–C) groups is 1. The van der Waals surface area contributed by atoms with Gasteiger partial charge < -0.3 is 25.4 Å². The smallest absolute Gasteiger partial charge is 0.191 e. The van der Waals surface area contributed by atoms with Crippen molar-refractivity contribution in [2.45, 2.75) is 25.9 Å². The van der Waals surface area contributed by atoms with E-state index in [1.54, 1.807) is 13.2 Å². The lowest BCUT2D eigenvalue weighted by Crippen LogP contribution is -2.44. The lowest BCUT2D eigenvalue weighted by Gasteiger charge is -2.20. The molecule has 0 saturated carbocycles. The summed E-state index contributed by atoms with van der Waals surface area (Å²) in [6.45, 7) is 5.01. The molecule has 158 valence electrons. The van der Waals surface area contributed by atoms with E-state index >= 15 is 0 Å². The Morgan fingerprint density at radius 2 is 2.10 bits per heavy atom. The molecule has 2 aromatic carbocycles. The molecule has 1 heterocycles. The molecule has 1 unspecified atom stereocenters. The van der Waals surface area contributed by atoms with Crippen molar-refractivity contribution in [1.29, 1.82) is 0 Å². The molecule has 29 heavy (non-hydrogen) atoms. The van der Waals surface area contributed by atoms with Crippen LogP contribution in [0.5, 0.6) is 11.5 Å². The summed E-state index contributed by atoms with van der Waals surface area (Å²) < 4.78 is 5.17. The van der Waals surface area contributed by atoms with E-state index in [2.05, 4.69) is 26.6 Å². The SMILES string of the molecule is CCNC(=NCc1cccc(OC)c1O)NC1CCN(c2cccc(Cl)c2)C1.I. The number of benzene rings is 2. The van der Waals surface area contributed by atoms with E-state index in [4.69, 9.17) is 16.3 Å². The fourth-order valence-corrected chi connectivity index (χ4v) is 3.51. The molecule has 0 spiro atoms. The summed E-state index contributed by atoms with van der Waals surface area (Å²) in [7, 11) is 1.54. The summed E-state index contributed by atoms with van der Waals surface area (Å²) in [6, 6.07) is 13.7. The van der Waals surface area contributed by atoms with Crippen molar-refractivity contribution in [3.8, 4) is 11.5 Å². The van der Waals surface area contributed by atoms with Gasteiger partial charge in [-0.05, 0) is 37.6 Å². The number of nitrogens with one attached hydrogen (secondary N) is 2. The number of guanidine groups is 1. The standard InChI is InChI=1S/C21H27ClN4O2.HI/c1-3-23-21(24-13-15-6-4-9-19(28-2)20(15)27)25-17-10-11-26(14-17)18-8-5-7-16(22)12-18;/h4-9,12,17,27H,3,10-11,13-14H2,1-2H3,(H2,23,24,25);1H. The number of halogens is 2.